The summed E-state index contributed by atoms with van der Waals surface area (Å²) in [5.41, 5.74) is 3.48. The first kappa shape index (κ1) is 34.8. The summed E-state index contributed by atoms with van der Waals surface area (Å²) in [5.74, 6) is -0.0420. The summed E-state index contributed by atoms with van der Waals surface area (Å²) in [7, 11) is 0. The number of aryl methyl sites for hydroxylation is 2. The fraction of sp³-hybridized carbons (Fsp3) is 0.611. The van der Waals surface area contributed by atoms with Gasteiger partial charge in [-0.05, 0) is 67.9 Å². The van der Waals surface area contributed by atoms with Gasteiger partial charge >= 0.3 is 11.9 Å². The summed E-state index contributed by atoms with van der Waals surface area (Å²) in [6, 6.07) is 7.93. The molecule has 0 aromatic heterocycles. The Balaban J connectivity index is 1.55. The molecule has 2 aromatic carbocycles. The third-order valence-corrected chi connectivity index (χ3v) is 8.63. The van der Waals surface area contributed by atoms with Gasteiger partial charge in [-0.2, -0.15) is 0 Å². The Morgan fingerprint density at radius 3 is 1.07 bits per heavy atom. The van der Waals surface area contributed by atoms with Crippen LogP contribution in [0.25, 0.3) is 0 Å². The second-order valence-electron chi connectivity index (χ2n) is 15.9. The molecule has 0 aliphatic carbocycles. The van der Waals surface area contributed by atoms with Crippen LogP contribution in [0.3, 0.4) is 0 Å². The number of thioether (sulfide) groups is 1. The molecule has 6 nitrogen and oxygen atoms in total. The molecule has 2 N–H and O–H groups in total. The van der Waals surface area contributed by atoms with E-state index in [9.17, 15) is 19.8 Å². The van der Waals surface area contributed by atoms with E-state index in [1.165, 1.54) is 11.8 Å². The maximum absolute atomic E-state index is 12.6. The largest absolute Gasteiger partial charge is 0.507 e. The maximum atomic E-state index is 12.6. The van der Waals surface area contributed by atoms with Gasteiger partial charge in [-0.1, -0.05) is 119 Å². The van der Waals surface area contributed by atoms with Crippen LogP contribution in [0.2, 0.25) is 0 Å². The van der Waals surface area contributed by atoms with E-state index < -0.39 is 10.9 Å². The van der Waals surface area contributed by atoms with Crippen LogP contribution in [0.4, 0.5) is 0 Å². The van der Waals surface area contributed by atoms with Gasteiger partial charge < -0.3 is 19.7 Å². The molecule has 3 rings (SSSR count). The fourth-order valence-electron chi connectivity index (χ4n) is 5.09. The zero-order valence-electron chi connectivity index (χ0n) is 28.2. The zero-order chi connectivity index (χ0) is 32.7. The van der Waals surface area contributed by atoms with Gasteiger partial charge in [0.2, 0.25) is 0 Å². The average Bonchev–Trinajstić information content (AvgIpc) is 3.56. The third kappa shape index (κ3) is 9.17. The predicted octanol–water partition coefficient (Wildman–Crippen LogP) is 8.34. The summed E-state index contributed by atoms with van der Waals surface area (Å²) < 4.78 is 11.1. The third-order valence-electron chi connectivity index (χ3n) is 7.72. The summed E-state index contributed by atoms with van der Waals surface area (Å²) >= 11 is 1.31. The number of benzene rings is 2. The van der Waals surface area contributed by atoms with Crippen molar-refractivity contribution in [2.45, 2.75) is 141 Å². The van der Waals surface area contributed by atoms with Gasteiger partial charge in [-0.25, -0.2) is 0 Å². The lowest BCUT2D eigenvalue weighted by atomic mass is 9.78. The Bertz CT molecular complexity index is 1170. The number of phenolic OH excluding ortho intramolecular Hbond substituents is 2. The minimum absolute atomic E-state index is 0.197. The molecular weight excluding hydrogens is 560 g/mol. The molecule has 1 fully saturated rings. The molecule has 0 saturated carbocycles. The number of esters is 2. The van der Waals surface area contributed by atoms with E-state index in [4.69, 9.17) is 9.47 Å². The molecule has 1 aliphatic heterocycles. The Labute approximate surface area is 263 Å². The highest BCUT2D eigenvalue weighted by Crippen LogP contribution is 2.44. The van der Waals surface area contributed by atoms with Gasteiger partial charge in [0, 0.05) is 12.8 Å². The highest BCUT2D eigenvalue weighted by atomic mass is 32.2. The van der Waals surface area contributed by atoms with Gasteiger partial charge in [-0.3, -0.25) is 9.59 Å². The van der Waals surface area contributed by atoms with E-state index >= 15 is 0 Å². The highest BCUT2D eigenvalue weighted by Gasteiger charge is 2.46. The van der Waals surface area contributed by atoms with Gasteiger partial charge in [0.25, 0.3) is 0 Å². The second kappa shape index (κ2) is 12.4. The molecule has 7 heteroatoms. The van der Waals surface area contributed by atoms with Crippen LogP contribution in [0.15, 0.2) is 24.3 Å². The van der Waals surface area contributed by atoms with Crippen LogP contribution in [0.1, 0.15) is 129 Å². The van der Waals surface area contributed by atoms with Crippen molar-refractivity contribution in [1.82, 2.24) is 0 Å². The molecule has 2 atom stereocenters. The Morgan fingerprint density at radius 2 is 0.837 bits per heavy atom. The van der Waals surface area contributed by atoms with Crippen molar-refractivity contribution in [3.05, 3.63) is 57.6 Å². The van der Waals surface area contributed by atoms with E-state index in [0.717, 1.165) is 33.4 Å². The molecule has 238 valence electrons. The lowest BCUT2D eigenvalue weighted by molar-refractivity contribution is -0.152. The molecule has 1 saturated heterocycles. The van der Waals surface area contributed by atoms with E-state index in [1.807, 2.05) is 24.3 Å². The van der Waals surface area contributed by atoms with Gasteiger partial charge in [0.1, 0.15) is 11.5 Å². The first-order valence-corrected chi connectivity index (χ1v) is 16.2. The predicted molar refractivity (Wildman–Crippen MR) is 175 cm³/mol. The number of phenols is 2. The van der Waals surface area contributed by atoms with Crippen molar-refractivity contribution in [2.75, 3.05) is 0 Å². The number of carbonyl (C=O) groups is 2. The normalized spacial score (nSPS) is 17.5. The van der Waals surface area contributed by atoms with E-state index in [2.05, 4.69) is 83.1 Å². The number of carbonyl (C=O) groups excluding carboxylic acids is 2. The monoisotopic (exact) mass is 612 g/mol. The number of aromatic hydroxyl groups is 2. The molecule has 1 heterocycles. The number of rotatable bonds is 8. The van der Waals surface area contributed by atoms with Crippen molar-refractivity contribution >= 4 is 23.7 Å². The molecule has 2 unspecified atom stereocenters. The molecule has 0 amide bonds. The summed E-state index contributed by atoms with van der Waals surface area (Å²) in [5, 5.41) is 21.9. The Hall–Kier alpha value is -2.67. The van der Waals surface area contributed by atoms with Crippen molar-refractivity contribution < 1.29 is 29.3 Å². The van der Waals surface area contributed by atoms with Gasteiger partial charge in [0.15, 0.2) is 10.9 Å². The lowest BCUT2D eigenvalue weighted by Gasteiger charge is -2.28. The Kier molecular flexibility index (Phi) is 10.0. The number of ether oxygens (including phenoxy) is 2. The first-order chi connectivity index (χ1) is 19.5. The lowest BCUT2D eigenvalue weighted by Crippen LogP contribution is -2.18. The van der Waals surface area contributed by atoms with E-state index in [1.54, 1.807) is 0 Å². The van der Waals surface area contributed by atoms with Crippen molar-refractivity contribution in [1.29, 1.82) is 0 Å². The fourth-order valence-corrected chi connectivity index (χ4v) is 5.70. The van der Waals surface area contributed by atoms with Crippen molar-refractivity contribution in [3.8, 4) is 11.5 Å². The zero-order valence-corrected chi connectivity index (χ0v) is 29.0. The molecule has 1 aliphatic rings. The molecule has 43 heavy (non-hydrogen) atoms. The quantitative estimate of drug-likeness (QED) is 0.229. The second-order valence-corrected chi connectivity index (χ2v) is 17.1. The smallest absolute Gasteiger partial charge is 0.307 e. The van der Waals surface area contributed by atoms with Gasteiger partial charge in [-0.15, -0.1) is 0 Å². The van der Waals surface area contributed by atoms with Crippen LogP contribution in [0.5, 0.6) is 11.5 Å². The molecule has 0 radical (unpaired) electrons. The number of hydrogen-bond donors (Lipinski definition) is 2. The van der Waals surface area contributed by atoms with Crippen LogP contribution in [-0.2, 0) is 53.6 Å². The minimum atomic E-state index is -0.486. The van der Waals surface area contributed by atoms with Crippen LogP contribution in [0, 0.1) is 0 Å². The minimum Gasteiger partial charge on any atom is -0.507 e. The van der Waals surface area contributed by atoms with Gasteiger partial charge in [0.05, 0.1) is 0 Å². The van der Waals surface area contributed by atoms with E-state index in [-0.39, 0.29) is 46.4 Å². The summed E-state index contributed by atoms with van der Waals surface area (Å²) in [6.07, 6.45) is 1.38. The first-order valence-electron chi connectivity index (χ1n) is 15.3. The van der Waals surface area contributed by atoms with Crippen LogP contribution in [-0.4, -0.2) is 33.0 Å². The molecule has 2 aromatic rings. The molecule has 0 spiro atoms. The SMILES string of the molecule is CC(C)(C)c1cc(CCC(=O)OC2SC2OC(=O)CCc2cc(C(C)(C)C)c(O)c(C(C)(C)C)c2)cc(C(C)(C)C)c1O. The van der Waals surface area contributed by atoms with Crippen LogP contribution >= 0.6 is 11.8 Å². The van der Waals surface area contributed by atoms with E-state index in [0.29, 0.717) is 24.3 Å². The highest BCUT2D eigenvalue weighted by molar-refractivity contribution is 8.07. The van der Waals surface area contributed by atoms with Crippen molar-refractivity contribution in [3.63, 3.8) is 0 Å². The Morgan fingerprint density at radius 1 is 0.581 bits per heavy atom. The summed E-state index contributed by atoms with van der Waals surface area (Å²) in [6.45, 7) is 24.8. The van der Waals surface area contributed by atoms with Crippen LogP contribution < -0.4 is 0 Å². The number of hydrogen-bond acceptors (Lipinski definition) is 7. The summed E-state index contributed by atoms with van der Waals surface area (Å²) in [4.78, 5) is 25.3. The average molecular weight is 613 g/mol. The van der Waals surface area contributed by atoms with Crippen molar-refractivity contribution in [2.24, 2.45) is 0 Å². The molecule has 0 bridgehead atoms. The molecular formula is C36H52O6S. The topological polar surface area (TPSA) is 93.1 Å². The standard InChI is InChI=1S/C36H52O6S/c1-33(2,3)23-17-21(18-24(29(23)39)34(4,5)6)13-15-27(37)41-31-32(43-31)42-28(38)16-14-22-19-25(35(7,8)9)30(40)26(20-22)36(10,11)12/h17-20,31-32,39-40H,13-16H2,1-12H3. The maximum Gasteiger partial charge on any atom is 0.307 e.